The molecule has 0 aliphatic rings. The van der Waals surface area contributed by atoms with Gasteiger partial charge in [0.15, 0.2) is 16.9 Å². The number of amides is 1. The van der Waals surface area contributed by atoms with Gasteiger partial charge in [-0.05, 0) is 36.4 Å². The number of anilines is 1. The Morgan fingerprint density at radius 1 is 0.909 bits per heavy atom. The average Bonchev–Trinajstić information content (AvgIpc) is 2.84. The number of rotatable bonds is 6. The Hall–Kier alpha value is -3.97. The van der Waals surface area contributed by atoms with E-state index in [1.54, 1.807) is 54.6 Å². The van der Waals surface area contributed by atoms with E-state index in [0.29, 0.717) is 39.1 Å². The number of carbonyl (C=O) groups is 1. The molecule has 8 heteroatoms. The van der Waals surface area contributed by atoms with Gasteiger partial charge in [0.2, 0.25) is 5.75 Å². The fourth-order valence-corrected chi connectivity index (χ4v) is 3.61. The smallest absolute Gasteiger partial charge is 0.255 e. The van der Waals surface area contributed by atoms with Crippen LogP contribution < -0.4 is 25.0 Å². The maximum absolute atomic E-state index is 13.0. The molecule has 3 aromatic carbocycles. The predicted octanol–water partition coefficient (Wildman–Crippen LogP) is 5.39. The summed E-state index contributed by atoms with van der Waals surface area (Å²) in [5.74, 6) is 0.869. The van der Waals surface area contributed by atoms with Crippen LogP contribution in [0.4, 0.5) is 5.69 Å². The summed E-state index contributed by atoms with van der Waals surface area (Å²) < 4.78 is 22.1. The molecule has 1 amide bonds. The molecule has 1 heterocycles. The number of ether oxygens (including phenoxy) is 3. The molecule has 1 N–H and O–H groups in total. The molecule has 0 fully saturated rings. The van der Waals surface area contributed by atoms with E-state index in [2.05, 4.69) is 5.32 Å². The highest BCUT2D eigenvalue weighted by Gasteiger charge is 2.21. The molecule has 0 spiro atoms. The van der Waals surface area contributed by atoms with Crippen LogP contribution in [-0.2, 0) is 0 Å². The molecule has 0 aliphatic heterocycles. The molecular formula is C25H20ClNO6. The number of carbonyl (C=O) groups excluding carboxylic acids is 1. The molecule has 168 valence electrons. The summed E-state index contributed by atoms with van der Waals surface area (Å²) in [4.78, 5) is 25.7. The normalized spacial score (nSPS) is 10.7. The highest BCUT2D eigenvalue weighted by Crippen LogP contribution is 2.42. The molecule has 0 unspecified atom stereocenters. The number of fused-ring (bicyclic) bond motifs is 1. The molecule has 0 atom stereocenters. The van der Waals surface area contributed by atoms with Crippen molar-refractivity contribution in [2.45, 2.75) is 0 Å². The van der Waals surface area contributed by atoms with Gasteiger partial charge in [-0.25, -0.2) is 0 Å². The third-order valence-corrected chi connectivity index (χ3v) is 5.29. The number of benzene rings is 3. The van der Waals surface area contributed by atoms with Crippen LogP contribution in [0.15, 0.2) is 69.9 Å². The quantitative estimate of drug-likeness (QED) is 0.410. The van der Waals surface area contributed by atoms with Gasteiger partial charge in [0.25, 0.3) is 5.91 Å². The summed E-state index contributed by atoms with van der Waals surface area (Å²) in [6.07, 6.45) is 0. The molecule has 0 saturated carbocycles. The van der Waals surface area contributed by atoms with Gasteiger partial charge in [0.05, 0.1) is 21.3 Å². The van der Waals surface area contributed by atoms with E-state index in [1.165, 1.54) is 27.4 Å². The molecule has 7 nitrogen and oxygen atoms in total. The molecule has 0 bridgehead atoms. The van der Waals surface area contributed by atoms with Crippen LogP contribution in [0.2, 0.25) is 5.02 Å². The molecular weight excluding hydrogens is 446 g/mol. The molecule has 0 radical (unpaired) electrons. The van der Waals surface area contributed by atoms with Crippen molar-refractivity contribution >= 4 is 34.2 Å². The first kappa shape index (κ1) is 22.2. The second kappa shape index (κ2) is 9.26. The molecule has 4 aromatic rings. The second-order valence-corrected chi connectivity index (χ2v) is 7.47. The summed E-state index contributed by atoms with van der Waals surface area (Å²) in [5, 5.41) is 3.62. The zero-order valence-electron chi connectivity index (χ0n) is 18.1. The minimum Gasteiger partial charge on any atom is -0.493 e. The van der Waals surface area contributed by atoms with Crippen molar-refractivity contribution in [1.82, 2.24) is 0 Å². The summed E-state index contributed by atoms with van der Waals surface area (Å²) in [5.41, 5.74) is 1.52. The Labute approximate surface area is 194 Å². The van der Waals surface area contributed by atoms with E-state index >= 15 is 0 Å². The third-order valence-electron chi connectivity index (χ3n) is 5.03. The highest BCUT2D eigenvalue weighted by molar-refractivity contribution is 6.30. The van der Waals surface area contributed by atoms with Crippen molar-refractivity contribution in [2.75, 3.05) is 26.6 Å². The van der Waals surface area contributed by atoms with Gasteiger partial charge in [-0.15, -0.1) is 0 Å². The van der Waals surface area contributed by atoms with Crippen LogP contribution in [-0.4, -0.2) is 27.2 Å². The van der Waals surface area contributed by atoms with Crippen LogP contribution in [0.5, 0.6) is 17.2 Å². The fourth-order valence-electron chi connectivity index (χ4n) is 3.48. The van der Waals surface area contributed by atoms with Crippen LogP contribution in [0.1, 0.15) is 10.4 Å². The predicted molar refractivity (Wildman–Crippen MR) is 127 cm³/mol. The molecule has 1 aromatic heterocycles. The van der Waals surface area contributed by atoms with Crippen LogP contribution in [0.3, 0.4) is 0 Å². The van der Waals surface area contributed by atoms with Crippen LogP contribution >= 0.6 is 11.6 Å². The Balaban J connectivity index is 1.75. The standard InChI is InChI=1S/C25H20ClNO6/c1-30-21-13-20-22(24(32-3)23(21)31-2)18(28)12-19(33-20)14-5-4-6-15(11-14)25(29)27-17-9-7-16(26)8-10-17/h4-13H,1-3H3,(H,27,29). The lowest BCUT2D eigenvalue weighted by molar-refractivity contribution is 0.102. The van der Waals surface area contributed by atoms with Crippen LogP contribution in [0.25, 0.3) is 22.3 Å². The summed E-state index contributed by atoms with van der Waals surface area (Å²) in [6, 6.07) is 16.5. The topological polar surface area (TPSA) is 87.0 Å². The van der Waals surface area contributed by atoms with Gasteiger partial charge in [-0.1, -0.05) is 23.7 Å². The summed E-state index contributed by atoms with van der Waals surface area (Å²) in [7, 11) is 4.38. The molecule has 0 aliphatic carbocycles. The van der Waals surface area contributed by atoms with E-state index in [0.717, 1.165) is 0 Å². The van der Waals surface area contributed by atoms with Gasteiger partial charge in [0, 0.05) is 34.0 Å². The van der Waals surface area contributed by atoms with Crippen molar-refractivity contribution in [1.29, 1.82) is 0 Å². The zero-order chi connectivity index (χ0) is 23.5. The number of hydrogen-bond donors (Lipinski definition) is 1. The van der Waals surface area contributed by atoms with E-state index in [-0.39, 0.29) is 28.1 Å². The van der Waals surface area contributed by atoms with Gasteiger partial charge in [-0.2, -0.15) is 0 Å². The number of methoxy groups -OCH3 is 3. The van der Waals surface area contributed by atoms with Gasteiger partial charge < -0.3 is 23.9 Å². The van der Waals surface area contributed by atoms with Crippen molar-refractivity contribution in [3.05, 3.63) is 81.5 Å². The fraction of sp³-hybridized carbons (Fsp3) is 0.120. The van der Waals surface area contributed by atoms with Gasteiger partial charge in [-0.3, -0.25) is 9.59 Å². The first-order valence-corrected chi connectivity index (χ1v) is 10.3. The summed E-state index contributed by atoms with van der Waals surface area (Å²) >= 11 is 5.89. The van der Waals surface area contributed by atoms with Crippen molar-refractivity contribution < 1.29 is 23.4 Å². The summed E-state index contributed by atoms with van der Waals surface area (Å²) in [6.45, 7) is 0. The van der Waals surface area contributed by atoms with Crippen molar-refractivity contribution in [2.24, 2.45) is 0 Å². The Morgan fingerprint density at radius 3 is 2.30 bits per heavy atom. The van der Waals surface area contributed by atoms with Crippen LogP contribution in [0, 0.1) is 0 Å². The number of halogens is 1. The van der Waals surface area contributed by atoms with E-state index in [4.69, 9.17) is 30.2 Å². The van der Waals surface area contributed by atoms with E-state index < -0.39 is 0 Å². The minimum atomic E-state index is -0.319. The number of hydrogen-bond acceptors (Lipinski definition) is 6. The largest absolute Gasteiger partial charge is 0.493 e. The molecule has 0 saturated heterocycles. The van der Waals surface area contributed by atoms with E-state index in [9.17, 15) is 9.59 Å². The van der Waals surface area contributed by atoms with Gasteiger partial charge in [0.1, 0.15) is 16.7 Å². The minimum absolute atomic E-state index is 0.225. The number of nitrogens with one attached hydrogen (secondary N) is 1. The molecule has 4 rings (SSSR count). The maximum atomic E-state index is 13.0. The van der Waals surface area contributed by atoms with Gasteiger partial charge >= 0.3 is 0 Å². The first-order valence-electron chi connectivity index (χ1n) is 9.89. The average molecular weight is 466 g/mol. The van der Waals surface area contributed by atoms with Crippen molar-refractivity contribution in [3.63, 3.8) is 0 Å². The Kier molecular flexibility index (Phi) is 6.24. The monoisotopic (exact) mass is 465 g/mol. The lowest BCUT2D eigenvalue weighted by Gasteiger charge is -2.14. The van der Waals surface area contributed by atoms with Crippen molar-refractivity contribution in [3.8, 4) is 28.6 Å². The maximum Gasteiger partial charge on any atom is 0.255 e. The second-order valence-electron chi connectivity index (χ2n) is 7.04. The zero-order valence-corrected chi connectivity index (χ0v) is 18.9. The Bertz CT molecular complexity index is 1390. The lowest BCUT2D eigenvalue weighted by Crippen LogP contribution is -2.11. The molecule has 33 heavy (non-hydrogen) atoms. The third kappa shape index (κ3) is 4.36. The first-order chi connectivity index (χ1) is 15.9. The SMILES string of the molecule is COc1cc2oc(-c3cccc(C(=O)Nc4ccc(Cl)cc4)c3)cc(=O)c2c(OC)c1OC. The van der Waals surface area contributed by atoms with E-state index in [1.807, 2.05) is 0 Å². The Morgan fingerprint density at radius 2 is 1.64 bits per heavy atom. The highest BCUT2D eigenvalue weighted by atomic mass is 35.5. The lowest BCUT2D eigenvalue weighted by atomic mass is 10.1.